The largest absolute Gasteiger partial charge is 0.492 e. The molecular weight excluding hydrogens is 166 g/mol. The van der Waals surface area contributed by atoms with Crippen LogP contribution in [0.5, 0.6) is 5.75 Å². The molecule has 0 aromatic heterocycles. The van der Waals surface area contributed by atoms with Crippen molar-refractivity contribution < 1.29 is 9.53 Å². The number of carbonyl (C=O) groups excluding carboxylic acids is 1. The zero-order valence-electron chi connectivity index (χ0n) is 7.54. The van der Waals surface area contributed by atoms with Crippen molar-refractivity contribution in [3.05, 3.63) is 30.3 Å². The van der Waals surface area contributed by atoms with E-state index < -0.39 is 0 Å². The maximum Gasteiger partial charge on any atom is 0.216 e. The highest BCUT2D eigenvalue weighted by Gasteiger charge is 1.92. The highest BCUT2D eigenvalue weighted by atomic mass is 16.5. The van der Waals surface area contributed by atoms with Gasteiger partial charge in [-0.15, -0.1) is 0 Å². The summed E-state index contributed by atoms with van der Waals surface area (Å²) in [6.07, 6.45) is 0. The van der Waals surface area contributed by atoms with Crippen LogP contribution < -0.4 is 10.1 Å². The molecule has 0 spiro atoms. The number of nitrogens with one attached hydrogen (secondary N) is 1. The number of rotatable bonds is 4. The molecule has 69 valence electrons. The minimum Gasteiger partial charge on any atom is -0.492 e. The molecule has 0 aliphatic rings. The van der Waals surface area contributed by atoms with E-state index in [4.69, 9.17) is 4.74 Å². The Morgan fingerprint density at radius 2 is 2.54 bits per heavy atom. The standard InChI is InChI=1S/C10H12NO2/c1-9(12)11-7-8-13-10-5-3-2-4-6-10/h2-3,5-6H,7-8H2,1H3,(H,11,12). The minimum absolute atomic E-state index is 0.0387. The molecule has 1 amide bonds. The van der Waals surface area contributed by atoms with E-state index in [1.54, 1.807) is 12.1 Å². The fourth-order valence-corrected chi connectivity index (χ4v) is 0.863. The number of carbonyl (C=O) groups is 1. The normalized spacial score (nSPS) is 9.31. The Kier molecular flexibility index (Phi) is 3.82. The Labute approximate surface area is 77.7 Å². The monoisotopic (exact) mass is 178 g/mol. The molecule has 3 nitrogen and oxygen atoms in total. The minimum atomic E-state index is -0.0387. The van der Waals surface area contributed by atoms with E-state index in [2.05, 4.69) is 11.4 Å². The lowest BCUT2D eigenvalue weighted by atomic mass is 10.3. The number of benzene rings is 1. The van der Waals surface area contributed by atoms with Crippen molar-refractivity contribution in [3.8, 4) is 5.75 Å². The van der Waals surface area contributed by atoms with Gasteiger partial charge in [-0.2, -0.15) is 0 Å². The van der Waals surface area contributed by atoms with Crippen LogP contribution in [-0.4, -0.2) is 19.1 Å². The molecule has 0 heterocycles. The summed E-state index contributed by atoms with van der Waals surface area (Å²) in [7, 11) is 0. The maximum absolute atomic E-state index is 10.5. The fourth-order valence-electron chi connectivity index (χ4n) is 0.863. The Bertz CT molecular complexity index is 259. The summed E-state index contributed by atoms with van der Waals surface area (Å²) in [6, 6.07) is 10.2. The maximum atomic E-state index is 10.5. The van der Waals surface area contributed by atoms with Gasteiger partial charge in [-0.1, -0.05) is 12.1 Å². The van der Waals surface area contributed by atoms with E-state index >= 15 is 0 Å². The van der Waals surface area contributed by atoms with Gasteiger partial charge in [0.15, 0.2) is 0 Å². The second kappa shape index (κ2) is 5.19. The molecule has 13 heavy (non-hydrogen) atoms. The van der Waals surface area contributed by atoms with Crippen LogP contribution in [-0.2, 0) is 4.79 Å². The average molecular weight is 178 g/mol. The fraction of sp³-hybridized carbons (Fsp3) is 0.300. The molecule has 0 saturated carbocycles. The summed E-state index contributed by atoms with van der Waals surface area (Å²) in [5, 5.41) is 2.64. The van der Waals surface area contributed by atoms with Crippen LogP contribution in [0.25, 0.3) is 0 Å². The van der Waals surface area contributed by atoms with Crippen molar-refractivity contribution in [1.29, 1.82) is 0 Å². The molecule has 0 unspecified atom stereocenters. The first-order valence-corrected chi connectivity index (χ1v) is 4.12. The predicted octanol–water partition coefficient (Wildman–Crippen LogP) is 1.00. The van der Waals surface area contributed by atoms with Crippen LogP contribution in [0.3, 0.4) is 0 Å². The molecule has 0 bridgehead atoms. The first-order valence-electron chi connectivity index (χ1n) is 4.12. The van der Waals surface area contributed by atoms with Gasteiger partial charge in [0.2, 0.25) is 5.91 Å². The molecule has 0 aliphatic carbocycles. The molecular formula is C10H12NO2. The van der Waals surface area contributed by atoms with Crippen molar-refractivity contribution in [3.63, 3.8) is 0 Å². The molecule has 1 radical (unpaired) electrons. The topological polar surface area (TPSA) is 38.3 Å². The molecule has 1 rings (SSSR count). The van der Waals surface area contributed by atoms with Gasteiger partial charge in [-0.25, -0.2) is 0 Å². The van der Waals surface area contributed by atoms with Gasteiger partial charge in [0.25, 0.3) is 0 Å². The van der Waals surface area contributed by atoms with Crippen LogP contribution in [0.15, 0.2) is 24.3 Å². The Hall–Kier alpha value is -1.51. The van der Waals surface area contributed by atoms with Crippen LogP contribution in [0.2, 0.25) is 0 Å². The summed E-state index contributed by atoms with van der Waals surface area (Å²) in [5.41, 5.74) is 0. The smallest absolute Gasteiger partial charge is 0.216 e. The number of hydrogen-bond donors (Lipinski definition) is 1. The third kappa shape index (κ3) is 4.15. The summed E-state index contributed by atoms with van der Waals surface area (Å²) in [6.45, 7) is 2.50. The van der Waals surface area contributed by atoms with E-state index in [1.165, 1.54) is 6.92 Å². The van der Waals surface area contributed by atoms with E-state index in [0.29, 0.717) is 13.2 Å². The number of hydrogen-bond acceptors (Lipinski definition) is 2. The van der Waals surface area contributed by atoms with E-state index in [0.717, 1.165) is 5.75 Å². The Balaban J connectivity index is 2.17. The molecule has 1 N–H and O–H groups in total. The average Bonchev–Trinajstić information content (AvgIpc) is 2.14. The van der Waals surface area contributed by atoms with Crippen LogP contribution >= 0.6 is 0 Å². The number of ether oxygens (including phenoxy) is 1. The second-order valence-electron chi connectivity index (χ2n) is 2.57. The molecule has 0 saturated heterocycles. The van der Waals surface area contributed by atoms with Gasteiger partial charge >= 0.3 is 0 Å². The van der Waals surface area contributed by atoms with Crippen LogP contribution in [0, 0.1) is 6.07 Å². The molecule has 0 aliphatic heterocycles. The molecule has 1 aromatic carbocycles. The first-order chi connectivity index (χ1) is 6.29. The van der Waals surface area contributed by atoms with Crippen molar-refractivity contribution >= 4 is 5.91 Å². The zero-order chi connectivity index (χ0) is 9.52. The lowest BCUT2D eigenvalue weighted by Gasteiger charge is -2.05. The molecule has 1 aromatic rings. The highest BCUT2D eigenvalue weighted by Crippen LogP contribution is 2.06. The van der Waals surface area contributed by atoms with Gasteiger partial charge in [0, 0.05) is 6.92 Å². The SMILES string of the molecule is CC(=O)NCCOc1c[c]ccc1. The van der Waals surface area contributed by atoms with Gasteiger partial charge in [-0.3, -0.25) is 4.79 Å². The van der Waals surface area contributed by atoms with Crippen molar-refractivity contribution in [2.45, 2.75) is 6.92 Å². The summed E-state index contributed by atoms with van der Waals surface area (Å²) >= 11 is 0. The predicted molar refractivity (Wildman–Crippen MR) is 49.5 cm³/mol. The third-order valence-corrected chi connectivity index (χ3v) is 1.42. The van der Waals surface area contributed by atoms with Crippen LogP contribution in [0.1, 0.15) is 6.92 Å². The van der Waals surface area contributed by atoms with E-state index in [-0.39, 0.29) is 5.91 Å². The second-order valence-corrected chi connectivity index (χ2v) is 2.57. The van der Waals surface area contributed by atoms with E-state index in [1.807, 2.05) is 12.1 Å². The van der Waals surface area contributed by atoms with Gasteiger partial charge in [0.05, 0.1) is 6.54 Å². The summed E-state index contributed by atoms with van der Waals surface area (Å²) in [5.74, 6) is 0.732. The molecule has 3 heteroatoms. The van der Waals surface area contributed by atoms with Gasteiger partial charge in [-0.05, 0) is 18.2 Å². The first kappa shape index (κ1) is 9.58. The van der Waals surface area contributed by atoms with E-state index in [9.17, 15) is 4.79 Å². The molecule has 0 fully saturated rings. The quantitative estimate of drug-likeness (QED) is 0.698. The lowest BCUT2D eigenvalue weighted by molar-refractivity contribution is -0.119. The van der Waals surface area contributed by atoms with Gasteiger partial charge in [0.1, 0.15) is 12.4 Å². The van der Waals surface area contributed by atoms with Crippen molar-refractivity contribution in [2.75, 3.05) is 13.2 Å². The Morgan fingerprint density at radius 1 is 1.69 bits per heavy atom. The lowest BCUT2D eigenvalue weighted by Crippen LogP contribution is -2.25. The Morgan fingerprint density at radius 3 is 3.15 bits per heavy atom. The third-order valence-electron chi connectivity index (χ3n) is 1.42. The zero-order valence-corrected chi connectivity index (χ0v) is 7.54. The van der Waals surface area contributed by atoms with Crippen molar-refractivity contribution in [1.82, 2.24) is 5.32 Å². The van der Waals surface area contributed by atoms with Crippen molar-refractivity contribution in [2.24, 2.45) is 0 Å². The summed E-state index contributed by atoms with van der Waals surface area (Å²) < 4.78 is 5.31. The summed E-state index contributed by atoms with van der Waals surface area (Å²) in [4.78, 5) is 10.5. The number of amides is 1. The van der Waals surface area contributed by atoms with Gasteiger partial charge < -0.3 is 10.1 Å². The molecule has 0 atom stereocenters. The van der Waals surface area contributed by atoms with Crippen LogP contribution in [0.4, 0.5) is 0 Å². The highest BCUT2D eigenvalue weighted by molar-refractivity contribution is 5.72.